The molecule has 1 aromatic rings. The molecule has 1 heterocycles. The molecule has 0 bridgehead atoms. The van der Waals surface area contributed by atoms with Gasteiger partial charge in [0.1, 0.15) is 6.04 Å². The maximum atomic E-state index is 12.0. The first-order chi connectivity index (χ1) is 9.86. The smallest absolute Gasteiger partial charge is 0.326 e. The Bertz CT molecular complexity index is 582. The lowest BCUT2D eigenvalue weighted by atomic mass is 10.2. The van der Waals surface area contributed by atoms with Gasteiger partial charge in [-0.2, -0.15) is 0 Å². The Labute approximate surface area is 131 Å². The number of likely N-dealkylation sites (tertiary alicyclic amines) is 1. The van der Waals surface area contributed by atoms with Crippen LogP contribution in [0.3, 0.4) is 0 Å². The second-order valence-electron chi connectivity index (χ2n) is 4.77. The third-order valence-electron chi connectivity index (χ3n) is 3.15. The van der Waals surface area contributed by atoms with Gasteiger partial charge in [-0.3, -0.25) is 4.79 Å². The summed E-state index contributed by atoms with van der Waals surface area (Å²) in [7, 11) is 0. The van der Waals surface area contributed by atoms with E-state index in [2.05, 4.69) is 0 Å². The highest BCUT2D eigenvalue weighted by molar-refractivity contribution is 6.34. The first kappa shape index (κ1) is 15.8. The van der Waals surface area contributed by atoms with Crippen LogP contribution in [0, 0.1) is 0 Å². The van der Waals surface area contributed by atoms with Gasteiger partial charge in [-0.1, -0.05) is 23.2 Å². The molecule has 0 radical (unpaired) electrons. The van der Waals surface area contributed by atoms with Gasteiger partial charge < -0.3 is 15.1 Å². The van der Waals surface area contributed by atoms with Crippen LogP contribution in [0.1, 0.15) is 12.0 Å². The maximum absolute atomic E-state index is 12.0. The molecule has 5 nitrogen and oxygen atoms in total. The predicted octanol–water partition coefficient (Wildman–Crippen LogP) is 2.05. The average molecular weight is 330 g/mol. The average Bonchev–Trinajstić information content (AvgIpc) is 2.77. The summed E-state index contributed by atoms with van der Waals surface area (Å²) in [6.07, 6.45) is 1.97. The summed E-state index contributed by atoms with van der Waals surface area (Å²) in [5, 5.41) is 19.4. The fourth-order valence-corrected chi connectivity index (χ4v) is 2.77. The Morgan fingerprint density at radius 3 is 2.43 bits per heavy atom. The lowest BCUT2D eigenvalue weighted by Crippen LogP contribution is -2.39. The number of halogens is 2. The van der Waals surface area contributed by atoms with Gasteiger partial charge in [0, 0.05) is 29.1 Å². The molecule has 1 aromatic carbocycles. The standard InChI is InChI=1S/C14H13Cl2NO4/c15-9-3-8(4-10(16)5-9)1-2-13(19)17-7-11(18)6-12(17)14(20)21/h1-5,11-12,18H,6-7H2,(H,20,21)/t11-,12+/m1/s1. The number of carboxylic acid groups (broad SMARTS) is 1. The van der Waals surface area contributed by atoms with Crippen molar-refractivity contribution >= 4 is 41.2 Å². The number of nitrogens with zero attached hydrogens (tertiary/aromatic N) is 1. The SMILES string of the molecule is O=C(O)[C@@H]1C[C@@H](O)CN1C(=O)C=Cc1cc(Cl)cc(Cl)c1. The fourth-order valence-electron chi connectivity index (χ4n) is 2.23. The van der Waals surface area contributed by atoms with Gasteiger partial charge in [-0.15, -0.1) is 0 Å². The summed E-state index contributed by atoms with van der Waals surface area (Å²) in [6, 6.07) is 3.83. The van der Waals surface area contributed by atoms with Crippen molar-refractivity contribution in [2.24, 2.45) is 0 Å². The molecule has 0 saturated carbocycles. The van der Waals surface area contributed by atoms with E-state index in [1.54, 1.807) is 18.2 Å². The Hall–Kier alpha value is -1.56. The lowest BCUT2D eigenvalue weighted by Gasteiger charge is -2.19. The second kappa shape index (κ2) is 6.47. The molecule has 1 aliphatic heterocycles. The highest BCUT2D eigenvalue weighted by Crippen LogP contribution is 2.21. The molecular formula is C14H13Cl2NO4. The van der Waals surface area contributed by atoms with Crippen molar-refractivity contribution in [2.75, 3.05) is 6.54 Å². The van der Waals surface area contributed by atoms with Gasteiger partial charge in [0.15, 0.2) is 0 Å². The number of β-amino-alcohol motifs (C(OH)–C–C–N with tert-alkyl or cyclic N) is 1. The molecule has 112 valence electrons. The fraction of sp³-hybridized carbons (Fsp3) is 0.286. The largest absolute Gasteiger partial charge is 0.480 e. The number of hydrogen-bond donors (Lipinski definition) is 2. The number of amides is 1. The minimum Gasteiger partial charge on any atom is -0.480 e. The van der Waals surface area contributed by atoms with Crippen LogP contribution in [0.2, 0.25) is 10.0 Å². The minimum atomic E-state index is -1.13. The van der Waals surface area contributed by atoms with Crippen molar-refractivity contribution in [1.82, 2.24) is 4.90 Å². The van der Waals surface area contributed by atoms with Gasteiger partial charge in [0.05, 0.1) is 6.10 Å². The number of carboxylic acids is 1. The van der Waals surface area contributed by atoms with Gasteiger partial charge >= 0.3 is 5.97 Å². The molecule has 21 heavy (non-hydrogen) atoms. The topological polar surface area (TPSA) is 77.8 Å². The van der Waals surface area contributed by atoms with Gasteiger partial charge in [-0.05, 0) is 29.8 Å². The molecule has 0 aromatic heterocycles. The number of carbonyl (C=O) groups excluding carboxylic acids is 1. The molecule has 0 spiro atoms. The Kier molecular flexibility index (Phi) is 4.88. The van der Waals surface area contributed by atoms with E-state index in [9.17, 15) is 14.7 Å². The van der Waals surface area contributed by atoms with E-state index in [1.165, 1.54) is 12.2 Å². The van der Waals surface area contributed by atoms with Crippen LogP contribution in [0.25, 0.3) is 6.08 Å². The second-order valence-corrected chi connectivity index (χ2v) is 5.64. The molecule has 1 aliphatic rings. The summed E-state index contributed by atoms with van der Waals surface area (Å²) in [5.74, 6) is -1.60. The molecule has 2 atom stereocenters. The number of benzene rings is 1. The van der Waals surface area contributed by atoms with Crippen LogP contribution in [0.5, 0.6) is 0 Å². The number of carbonyl (C=O) groups is 2. The van der Waals surface area contributed by atoms with Gasteiger partial charge in [0.25, 0.3) is 0 Å². The van der Waals surface area contributed by atoms with Crippen LogP contribution in [0.4, 0.5) is 0 Å². The van der Waals surface area contributed by atoms with E-state index in [-0.39, 0.29) is 13.0 Å². The zero-order valence-corrected chi connectivity index (χ0v) is 12.4. The highest BCUT2D eigenvalue weighted by atomic mass is 35.5. The number of aliphatic carboxylic acids is 1. The molecule has 7 heteroatoms. The van der Waals surface area contributed by atoms with Crippen molar-refractivity contribution in [3.63, 3.8) is 0 Å². The van der Waals surface area contributed by atoms with E-state index >= 15 is 0 Å². The highest BCUT2D eigenvalue weighted by Gasteiger charge is 2.37. The molecule has 0 aliphatic carbocycles. The molecular weight excluding hydrogens is 317 g/mol. The molecule has 1 amide bonds. The Morgan fingerprint density at radius 1 is 1.24 bits per heavy atom. The van der Waals surface area contributed by atoms with Crippen molar-refractivity contribution < 1.29 is 19.8 Å². The molecule has 1 fully saturated rings. The third-order valence-corrected chi connectivity index (χ3v) is 3.59. The molecule has 2 N–H and O–H groups in total. The van der Waals surface area contributed by atoms with Crippen LogP contribution < -0.4 is 0 Å². The van der Waals surface area contributed by atoms with E-state index in [0.717, 1.165) is 4.90 Å². The Morgan fingerprint density at radius 2 is 1.86 bits per heavy atom. The van der Waals surface area contributed by atoms with Crippen molar-refractivity contribution in [3.05, 3.63) is 39.9 Å². The molecule has 0 unspecified atom stereocenters. The summed E-state index contributed by atoms with van der Waals surface area (Å²) >= 11 is 11.7. The zero-order valence-electron chi connectivity index (χ0n) is 10.9. The maximum Gasteiger partial charge on any atom is 0.326 e. The number of aliphatic hydroxyl groups is 1. The van der Waals surface area contributed by atoms with Crippen LogP contribution in [-0.4, -0.2) is 45.7 Å². The van der Waals surface area contributed by atoms with Gasteiger partial charge in [0.2, 0.25) is 5.91 Å². The van der Waals surface area contributed by atoms with Crippen molar-refractivity contribution in [3.8, 4) is 0 Å². The van der Waals surface area contributed by atoms with Crippen molar-refractivity contribution in [2.45, 2.75) is 18.6 Å². The van der Waals surface area contributed by atoms with E-state index in [1.807, 2.05) is 0 Å². The minimum absolute atomic E-state index is 0.0104. The molecule has 1 saturated heterocycles. The quantitative estimate of drug-likeness (QED) is 0.832. The van der Waals surface area contributed by atoms with E-state index < -0.39 is 24.0 Å². The normalized spacial score (nSPS) is 22.0. The van der Waals surface area contributed by atoms with Crippen LogP contribution in [-0.2, 0) is 9.59 Å². The van der Waals surface area contributed by atoms with Crippen LogP contribution >= 0.6 is 23.2 Å². The van der Waals surface area contributed by atoms with Crippen molar-refractivity contribution in [1.29, 1.82) is 0 Å². The summed E-state index contributed by atoms with van der Waals surface area (Å²) in [6.45, 7) is 0.0104. The van der Waals surface area contributed by atoms with E-state index in [0.29, 0.717) is 15.6 Å². The summed E-state index contributed by atoms with van der Waals surface area (Å²) < 4.78 is 0. The predicted molar refractivity (Wildman–Crippen MR) is 79.3 cm³/mol. The number of hydrogen-bond acceptors (Lipinski definition) is 3. The monoisotopic (exact) mass is 329 g/mol. The lowest BCUT2D eigenvalue weighted by molar-refractivity contribution is -0.146. The number of rotatable bonds is 3. The number of aliphatic hydroxyl groups excluding tert-OH is 1. The first-order valence-electron chi connectivity index (χ1n) is 6.22. The van der Waals surface area contributed by atoms with E-state index in [4.69, 9.17) is 28.3 Å². The summed E-state index contributed by atoms with van der Waals surface area (Å²) in [4.78, 5) is 24.2. The zero-order chi connectivity index (χ0) is 15.6. The molecule has 2 rings (SSSR count). The Balaban J connectivity index is 2.13. The third kappa shape index (κ3) is 3.97. The van der Waals surface area contributed by atoms with Gasteiger partial charge in [-0.25, -0.2) is 4.79 Å². The first-order valence-corrected chi connectivity index (χ1v) is 6.98. The summed E-state index contributed by atoms with van der Waals surface area (Å²) in [5.41, 5.74) is 0.632. The van der Waals surface area contributed by atoms with Crippen LogP contribution in [0.15, 0.2) is 24.3 Å².